The van der Waals surface area contributed by atoms with E-state index in [2.05, 4.69) is 26.0 Å². The Morgan fingerprint density at radius 2 is 2.09 bits per heavy atom. The van der Waals surface area contributed by atoms with Crippen LogP contribution in [-0.4, -0.2) is 18.3 Å². The smallest absolute Gasteiger partial charge is 0.119 e. The van der Waals surface area contributed by atoms with Gasteiger partial charge in [-0.3, -0.25) is 0 Å². The van der Waals surface area contributed by atoms with E-state index in [4.69, 9.17) is 4.74 Å². The molecule has 2 aliphatic rings. The van der Waals surface area contributed by atoms with Crippen molar-refractivity contribution in [2.24, 2.45) is 17.3 Å². The zero-order valence-corrected chi connectivity index (χ0v) is 14.3. The molecule has 1 aromatic carbocycles. The number of rotatable bonds is 4. The summed E-state index contributed by atoms with van der Waals surface area (Å²) in [7, 11) is 1.74. The maximum atomic E-state index is 10.4. The van der Waals surface area contributed by atoms with E-state index in [1.807, 2.05) is 6.07 Å². The number of ether oxygens (including phenoxy) is 1. The number of aryl methyl sites for hydroxylation is 2. The van der Waals surface area contributed by atoms with Crippen LogP contribution in [0.2, 0.25) is 0 Å². The molecule has 0 spiro atoms. The Morgan fingerprint density at radius 1 is 1.27 bits per heavy atom. The first-order valence-electron chi connectivity index (χ1n) is 8.86. The lowest BCUT2D eigenvalue weighted by molar-refractivity contribution is -0.0119. The zero-order chi connectivity index (χ0) is 15.7. The maximum Gasteiger partial charge on any atom is 0.119 e. The minimum Gasteiger partial charge on any atom is -0.497 e. The van der Waals surface area contributed by atoms with Crippen LogP contribution >= 0.6 is 0 Å². The van der Waals surface area contributed by atoms with Gasteiger partial charge in [0.15, 0.2) is 0 Å². The molecule has 0 unspecified atom stereocenters. The molecule has 0 heterocycles. The molecular weight excluding hydrogens is 272 g/mol. The van der Waals surface area contributed by atoms with Crippen molar-refractivity contribution in [2.75, 3.05) is 7.11 Å². The molecule has 0 aliphatic heterocycles. The van der Waals surface area contributed by atoms with Crippen LogP contribution in [-0.2, 0) is 6.42 Å². The second-order valence-electron chi connectivity index (χ2n) is 7.69. The fraction of sp³-hybridized carbons (Fsp3) is 0.700. The highest BCUT2D eigenvalue weighted by molar-refractivity contribution is 5.35. The summed E-state index contributed by atoms with van der Waals surface area (Å²) in [6.45, 7) is 4.53. The van der Waals surface area contributed by atoms with E-state index in [0.29, 0.717) is 0 Å². The standard InChI is InChI=1S/C20H30O2/c1-14-6-9-17(22-3)13-16(14)8-7-15-5-4-12-20(2)18(15)10-11-19(20)21/h6,9,13,15,18-19,21H,4-5,7-8,10-12H2,1-3H3/t15-,18-,19-,20-/m0/s1. The molecule has 2 heteroatoms. The van der Waals surface area contributed by atoms with Gasteiger partial charge < -0.3 is 9.84 Å². The van der Waals surface area contributed by atoms with Crippen LogP contribution in [0.4, 0.5) is 0 Å². The van der Waals surface area contributed by atoms with Crippen molar-refractivity contribution in [1.82, 2.24) is 0 Å². The molecule has 3 rings (SSSR count). The second-order valence-corrected chi connectivity index (χ2v) is 7.69. The first-order chi connectivity index (χ1) is 10.5. The van der Waals surface area contributed by atoms with Crippen LogP contribution < -0.4 is 4.74 Å². The molecule has 1 N–H and O–H groups in total. The van der Waals surface area contributed by atoms with E-state index in [9.17, 15) is 5.11 Å². The molecule has 4 atom stereocenters. The molecule has 2 aliphatic carbocycles. The highest BCUT2D eigenvalue weighted by Gasteiger charge is 2.50. The van der Waals surface area contributed by atoms with Crippen molar-refractivity contribution < 1.29 is 9.84 Å². The Hall–Kier alpha value is -1.02. The van der Waals surface area contributed by atoms with Crippen LogP contribution in [0.5, 0.6) is 5.75 Å². The van der Waals surface area contributed by atoms with Gasteiger partial charge in [0.25, 0.3) is 0 Å². The molecular formula is C20H30O2. The average molecular weight is 302 g/mol. The Bertz CT molecular complexity index is 524. The summed E-state index contributed by atoms with van der Waals surface area (Å²) in [5, 5.41) is 10.4. The van der Waals surface area contributed by atoms with Crippen LogP contribution in [0.25, 0.3) is 0 Å². The molecule has 1 aromatic rings. The number of aliphatic hydroxyl groups excluding tert-OH is 1. The van der Waals surface area contributed by atoms with E-state index < -0.39 is 0 Å². The number of benzene rings is 1. The summed E-state index contributed by atoms with van der Waals surface area (Å²) in [4.78, 5) is 0. The lowest BCUT2D eigenvalue weighted by Gasteiger charge is -2.43. The molecule has 0 saturated heterocycles. The Balaban J connectivity index is 1.69. The minimum absolute atomic E-state index is 0.0705. The summed E-state index contributed by atoms with van der Waals surface area (Å²) in [5.41, 5.74) is 2.97. The SMILES string of the molecule is COc1ccc(C)c(CC[C@@H]2CCC[C@]3(C)[C@@H](O)CC[C@@H]23)c1. The monoisotopic (exact) mass is 302 g/mol. The Labute approximate surface area is 134 Å². The normalized spacial score (nSPS) is 34.5. The highest BCUT2D eigenvalue weighted by Crippen LogP contribution is 2.55. The van der Waals surface area contributed by atoms with E-state index in [0.717, 1.165) is 30.4 Å². The van der Waals surface area contributed by atoms with Gasteiger partial charge in [0.1, 0.15) is 5.75 Å². The van der Waals surface area contributed by atoms with Gasteiger partial charge in [0.05, 0.1) is 13.2 Å². The van der Waals surface area contributed by atoms with Crippen LogP contribution in [0.15, 0.2) is 18.2 Å². The molecule has 0 amide bonds. The zero-order valence-electron chi connectivity index (χ0n) is 14.3. The lowest BCUT2D eigenvalue weighted by atomic mass is 9.62. The van der Waals surface area contributed by atoms with Crippen molar-refractivity contribution in [3.8, 4) is 5.75 Å². The van der Waals surface area contributed by atoms with Crippen LogP contribution in [0.1, 0.15) is 56.6 Å². The first-order valence-corrected chi connectivity index (χ1v) is 8.86. The molecule has 22 heavy (non-hydrogen) atoms. The van der Waals surface area contributed by atoms with Crippen LogP contribution in [0, 0.1) is 24.2 Å². The first kappa shape index (κ1) is 15.9. The largest absolute Gasteiger partial charge is 0.497 e. The second kappa shape index (κ2) is 6.23. The third kappa shape index (κ3) is 2.78. The highest BCUT2D eigenvalue weighted by atomic mass is 16.5. The van der Waals surface area contributed by atoms with Gasteiger partial charge in [-0.25, -0.2) is 0 Å². The van der Waals surface area contributed by atoms with Gasteiger partial charge in [-0.1, -0.05) is 25.8 Å². The van der Waals surface area contributed by atoms with E-state index in [-0.39, 0.29) is 11.5 Å². The number of aliphatic hydroxyl groups is 1. The van der Waals surface area contributed by atoms with Gasteiger partial charge in [-0.05, 0) is 79.5 Å². The molecule has 0 bridgehead atoms. The summed E-state index contributed by atoms with van der Waals surface area (Å²) >= 11 is 0. The van der Waals surface area contributed by atoms with Crippen molar-refractivity contribution in [3.05, 3.63) is 29.3 Å². The summed E-state index contributed by atoms with van der Waals surface area (Å²) < 4.78 is 5.37. The molecule has 0 radical (unpaired) electrons. The van der Waals surface area contributed by atoms with E-state index in [1.54, 1.807) is 7.11 Å². The van der Waals surface area contributed by atoms with Crippen molar-refractivity contribution >= 4 is 0 Å². The average Bonchev–Trinajstić information content (AvgIpc) is 2.82. The number of fused-ring (bicyclic) bond motifs is 1. The van der Waals surface area contributed by atoms with Gasteiger partial charge >= 0.3 is 0 Å². The predicted molar refractivity (Wildman–Crippen MR) is 90.2 cm³/mol. The summed E-state index contributed by atoms with van der Waals surface area (Å²) in [5.74, 6) is 2.47. The fourth-order valence-corrected chi connectivity index (χ4v) is 5.05. The fourth-order valence-electron chi connectivity index (χ4n) is 5.05. The van der Waals surface area contributed by atoms with E-state index in [1.165, 1.54) is 43.2 Å². The predicted octanol–water partition coefficient (Wildman–Crippen LogP) is 4.51. The number of hydrogen-bond donors (Lipinski definition) is 1. The third-order valence-corrected chi connectivity index (χ3v) is 6.56. The number of methoxy groups -OCH3 is 1. The molecule has 2 fully saturated rings. The Morgan fingerprint density at radius 3 is 2.86 bits per heavy atom. The van der Waals surface area contributed by atoms with Crippen molar-refractivity contribution in [1.29, 1.82) is 0 Å². The van der Waals surface area contributed by atoms with Crippen LogP contribution in [0.3, 0.4) is 0 Å². The molecule has 0 aromatic heterocycles. The van der Waals surface area contributed by atoms with Gasteiger partial charge in [-0.2, -0.15) is 0 Å². The van der Waals surface area contributed by atoms with Crippen molar-refractivity contribution in [2.45, 2.75) is 64.9 Å². The summed E-state index contributed by atoms with van der Waals surface area (Å²) in [6.07, 6.45) is 8.39. The Kier molecular flexibility index (Phi) is 4.49. The van der Waals surface area contributed by atoms with Gasteiger partial charge in [-0.15, -0.1) is 0 Å². The molecule has 2 nitrogen and oxygen atoms in total. The summed E-state index contributed by atoms with van der Waals surface area (Å²) in [6, 6.07) is 6.41. The van der Waals surface area contributed by atoms with Crippen molar-refractivity contribution in [3.63, 3.8) is 0 Å². The third-order valence-electron chi connectivity index (χ3n) is 6.56. The number of hydrogen-bond acceptors (Lipinski definition) is 2. The van der Waals surface area contributed by atoms with E-state index >= 15 is 0 Å². The van der Waals surface area contributed by atoms with Gasteiger partial charge in [0, 0.05) is 0 Å². The lowest BCUT2D eigenvalue weighted by Crippen LogP contribution is -2.39. The minimum atomic E-state index is -0.0705. The topological polar surface area (TPSA) is 29.5 Å². The van der Waals surface area contributed by atoms with Gasteiger partial charge in [0.2, 0.25) is 0 Å². The quantitative estimate of drug-likeness (QED) is 0.886. The molecule has 2 saturated carbocycles. The maximum absolute atomic E-state index is 10.4. The molecule has 122 valence electrons.